The molecule has 1 aliphatic rings. The zero-order valence-corrected chi connectivity index (χ0v) is 33.9. The molecule has 0 saturated carbocycles. The molecule has 1 aliphatic heterocycles. The first-order chi connectivity index (χ1) is 26.1. The summed E-state index contributed by atoms with van der Waals surface area (Å²) >= 11 is 15.5. The predicted octanol–water partition coefficient (Wildman–Crippen LogP) is 9.97. The van der Waals surface area contributed by atoms with Crippen LogP contribution in [0.3, 0.4) is 0 Å². The molecule has 3 amide bonds. The molecule has 0 atom stereocenters. The highest BCUT2D eigenvalue weighted by molar-refractivity contribution is 14.1. The molecule has 0 spiro atoms. The third kappa shape index (κ3) is 10.3. The van der Waals surface area contributed by atoms with E-state index >= 15 is 0 Å². The monoisotopic (exact) mass is 891 g/mol. The van der Waals surface area contributed by atoms with E-state index in [2.05, 4.69) is 39.5 Å². The van der Waals surface area contributed by atoms with Crippen molar-refractivity contribution in [2.75, 3.05) is 12.4 Å². The van der Waals surface area contributed by atoms with Crippen molar-refractivity contribution in [2.24, 2.45) is 4.99 Å². The van der Waals surface area contributed by atoms with Crippen LogP contribution in [0.15, 0.2) is 138 Å². The predicted molar refractivity (Wildman–Crippen MR) is 227 cm³/mol. The molecule has 4 aromatic carbocycles. The van der Waals surface area contributed by atoms with Gasteiger partial charge in [-0.2, -0.15) is 4.99 Å². The van der Waals surface area contributed by atoms with Gasteiger partial charge in [0, 0.05) is 21.3 Å². The summed E-state index contributed by atoms with van der Waals surface area (Å²) in [6, 6.07) is 27.5. The lowest BCUT2D eigenvalue weighted by molar-refractivity contribution is -0.126. The van der Waals surface area contributed by atoms with Gasteiger partial charge in [-0.15, -0.1) is 0 Å². The highest BCUT2D eigenvalue weighted by atomic mass is 127. The first-order valence-electron chi connectivity index (χ1n) is 16.8. The second kappa shape index (κ2) is 19.6. The van der Waals surface area contributed by atoms with Gasteiger partial charge in [-0.1, -0.05) is 127 Å². The summed E-state index contributed by atoms with van der Waals surface area (Å²) in [6.45, 7) is 7.86. The lowest BCUT2D eigenvalue weighted by atomic mass is 9.99. The van der Waals surface area contributed by atoms with Gasteiger partial charge in [0.1, 0.15) is 12.2 Å². The molecular weight excluding hydrogens is 856 g/mol. The number of nitrogens with zero attached hydrogens (tertiary/aromatic N) is 2. The second-order valence-electron chi connectivity index (χ2n) is 11.6. The van der Waals surface area contributed by atoms with Crippen molar-refractivity contribution < 1.29 is 23.9 Å². The fraction of sp³-hybridized carbons (Fsp3) is 0.143. The number of nitrogens with one attached hydrogen (secondary N) is 1. The molecule has 1 N–H and O–H groups in total. The van der Waals surface area contributed by atoms with E-state index < -0.39 is 17.9 Å². The van der Waals surface area contributed by atoms with E-state index in [1.54, 1.807) is 61.6 Å². The van der Waals surface area contributed by atoms with Crippen LogP contribution in [0.1, 0.15) is 42.1 Å². The minimum absolute atomic E-state index is 0.0734. The maximum Gasteiger partial charge on any atom is 0.285 e. The van der Waals surface area contributed by atoms with E-state index in [4.69, 9.17) is 32.7 Å². The molecule has 5 rings (SSSR count). The van der Waals surface area contributed by atoms with Gasteiger partial charge in [0.05, 0.1) is 22.0 Å². The number of amidine groups is 1. The summed E-state index contributed by atoms with van der Waals surface area (Å²) in [5, 5.41) is 4.17. The van der Waals surface area contributed by atoms with E-state index in [-0.39, 0.29) is 29.0 Å². The Balaban J connectivity index is 1.42. The number of carbonyl (C=O) groups excluding carboxylic acids is 3. The van der Waals surface area contributed by atoms with Crippen LogP contribution >= 0.6 is 57.6 Å². The quantitative estimate of drug-likeness (QED) is 0.0586. The lowest BCUT2D eigenvalue weighted by Crippen LogP contribution is -2.42. The summed E-state index contributed by atoms with van der Waals surface area (Å²) in [5.41, 5.74) is 3.38. The van der Waals surface area contributed by atoms with Gasteiger partial charge in [0.25, 0.3) is 11.8 Å². The van der Waals surface area contributed by atoms with Crippen molar-refractivity contribution >= 4 is 86.5 Å². The molecule has 0 aromatic heterocycles. The minimum Gasteiger partial charge on any atom is -0.490 e. The Morgan fingerprint density at radius 3 is 2.30 bits per heavy atom. The fourth-order valence-electron chi connectivity index (χ4n) is 5.42. The smallest absolute Gasteiger partial charge is 0.285 e. The normalized spacial score (nSPS) is 14.1. The molecule has 0 unspecified atom stereocenters. The molecule has 0 saturated heterocycles. The van der Waals surface area contributed by atoms with E-state index in [9.17, 15) is 14.4 Å². The Morgan fingerprint density at radius 1 is 1.00 bits per heavy atom. The van der Waals surface area contributed by atoms with Gasteiger partial charge in [-0.05, 0) is 89.5 Å². The van der Waals surface area contributed by atoms with E-state index in [0.29, 0.717) is 43.0 Å². The van der Waals surface area contributed by atoms with Crippen LogP contribution in [-0.4, -0.2) is 40.1 Å². The molecule has 12 heteroatoms. The molecule has 0 radical (unpaired) electrons. The number of hydrogen-bond acceptors (Lipinski definition) is 6. The third-order valence-corrected chi connectivity index (χ3v) is 10.3. The van der Waals surface area contributed by atoms with Crippen molar-refractivity contribution in [1.82, 2.24) is 10.2 Å². The van der Waals surface area contributed by atoms with Crippen molar-refractivity contribution in [3.8, 4) is 11.5 Å². The third-order valence-electron chi connectivity index (χ3n) is 7.94. The zero-order chi connectivity index (χ0) is 38.6. The highest BCUT2D eigenvalue weighted by Crippen LogP contribution is 2.37. The molecule has 0 fully saturated rings. The lowest BCUT2D eigenvalue weighted by Gasteiger charge is -2.28. The second-order valence-corrected chi connectivity index (χ2v) is 14.6. The molecule has 276 valence electrons. The van der Waals surface area contributed by atoms with Crippen molar-refractivity contribution in [2.45, 2.75) is 26.5 Å². The molecule has 1 heterocycles. The van der Waals surface area contributed by atoms with Crippen LogP contribution < -0.4 is 14.8 Å². The SMILES string of the molecule is C=C/C=C\C(=C/C)N1C(=O)/C(=C/c2cc(I)c(OCc3ccc(Cl)cc3Cl)c(OCC)c2)C(=O)N=C1SCC(=O)NC(c1ccccc1)c1ccccc1. The number of ether oxygens (including phenoxy) is 2. The maximum atomic E-state index is 14.2. The van der Waals surface area contributed by atoms with Gasteiger partial charge in [-0.3, -0.25) is 19.3 Å². The van der Waals surface area contributed by atoms with E-state index in [0.717, 1.165) is 28.5 Å². The van der Waals surface area contributed by atoms with E-state index in [1.807, 2.05) is 67.6 Å². The number of rotatable bonds is 14. The molecule has 0 bridgehead atoms. The largest absolute Gasteiger partial charge is 0.490 e. The van der Waals surface area contributed by atoms with Crippen LogP contribution in [0.5, 0.6) is 11.5 Å². The molecular formula is C42H36Cl2IN3O5S. The van der Waals surface area contributed by atoms with Gasteiger partial charge in [-0.25, -0.2) is 0 Å². The summed E-state index contributed by atoms with van der Waals surface area (Å²) in [5.74, 6) is -0.838. The van der Waals surface area contributed by atoms with Crippen molar-refractivity contribution in [3.05, 3.63) is 169 Å². The average Bonchev–Trinajstić information content (AvgIpc) is 3.16. The van der Waals surface area contributed by atoms with Gasteiger partial charge < -0.3 is 14.8 Å². The minimum atomic E-state index is -0.737. The van der Waals surface area contributed by atoms with E-state index in [1.165, 1.54) is 11.0 Å². The number of carbonyl (C=O) groups is 3. The zero-order valence-electron chi connectivity index (χ0n) is 29.4. The van der Waals surface area contributed by atoms with Gasteiger partial charge in [0.15, 0.2) is 16.7 Å². The van der Waals surface area contributed by atoms with Crippen LogP contribution in [0.2, 0.25) is 10.0 Å². The first-order valence-corrected chi connectivity index (χ1v) is 19.6. The van der Waals surface area contributed by atoms with Crippen LogP contribution in [0.4, 0.5) is 0 Å². The number of allylic oxidation sites excluding steroid dienone is 4. The van der Waals surface area contributed by atoms with Gasteiger partial charge in [0.2, 0.25) is 5.91 Å². The number of benzene rings is 4. The summed E-state index contributed by atoms with van der Waals surface area (Å²) < 4.78 is 12.8. The van der Waals surface area contributed by atoms with Crippen molar-refractivity contribution in [3.63, 3.8) is 0 Å². The molecule has 4 aromatic rings. The number of hydrogen-bond donors (Lipinski definition) is 1. The summed E-state index contributed by atoms with van der Waals surface area (Å²) in [4.78, 5) is 47.0. The Hall–Kier alpha value is -4.62. The van der Waals surface area contributed by atoms with Gasteiger partial charge >= 0.3 is 0 Å². The number of aliphatic imine (C=N–C) groups is 1. The Morgan fingerprint density at radius 2 is 1.69 bits per heavy atom. The molecule has 8 nitrogen and oxygen atoms in total. The average molecular weight is 893 g/mol. The molecule has 54 heavy (non-hydrogen) atoms. The Bertz CT molecular complexity index is 2120. The standard InChI is InChI=1S/C42H36Cl2IN3O5S/c1-4-7-18-32(5-2)48-41(51)33(21-27-22-35(45)39(36(23-27)52-6-3)53-25-30-19-20-31(43)24-34(30)44)40(50)47-42(48)54-26-37(49)46-38(28-14-10-8-11-15-28)29-16-12-9-13-17-29/h4-5,7-24,38H,1,6,25-26H2,2-3H3,(H,46,49)/b18-7-,32-5+,33-21+. The highest BCUT2D eigenvalue weighted by Gasteiger charge is 2.35. The van der Waals surface area contributed by atoms with Crippen molar-refractivity contribution in [1.29, 1.82) is 0 Å². The Labute approximate surface area is 342 Å². The number of thioether (sulfide) groups is 1. The van der Waals surface area contributed by atoms with Crippen LogP contribution in [-0.2, 0) is 21.0 Å². The Kier molecular flexibility index (Phi) is 14.7. The summed E-state index contributed by atoms with van der Waals surface area (Å²) in [6.07, 6.45) is 8.14. The molecule has 0 aliphatic carbocycles. The number of halogens is 3. The fourth-order valence-corrected chi connectivity index (χ4v) is 7.48. The topological polar surface area (TPSA) is 97.3 Å². The van der Waals surface area contributed by atoms with Crippen LogP contribution in [0.25, 0.3) is 6.08 Å². The number of amides is 3. The maximum absolute atomic E-state index is 14.2. The van der Waals surface area contributed by atoms with Crippen LogP contribution in [0, 0.1) is 3.57 Å². The first kappa shape index (κ1) is 40.6. The summed E-state index contributed by atoms with van der Waals surface area (Å²) in [7, 11) is 0.